The van der Waals surface area contributed by atoms with E-state index < -0.39 is 5.97 Å². The summed E-state index contributed by atoms with van der Waals surface area (Å²) in [6.07, 6.45) is 1.14. The third-order valence-electron chi connectivity index (χ3n) is 4.36. The number of benzene rings is 2. The molecule has 0 radical (unpaired) electrons. The summed E-state index contributed by atoms with van der Waals surface area (Å²) in [5.41, 5.74) is 2.61. The van der Waals surface area contributed by atoms with Crippen LogP contribution >= 0.6 is 0 Å². The van der Waals surface area contributed by atoms with Gasteiger partial charge in [0, 0.05) is 18.1 Å². The van der Waals surface area contributed by atoms with Crippen LogP contribution in [0.1, 0.15) is 45.2 Å². The first-order valence-corrected chi connectivity index (χ1v) is 8.61. The summed E-state index contributed by atoms with van der Waals surface area (Å²) < 4.78 is 10.7. The van der Waals surface area contributed by atoms with Crippen LogP contribution in [-0.2, 0) is 12.8 Å². The predicted octanol–water partition coefficient (Wildman–Crippen LogP) is 4.34. The molecule has 0 aliphatic carbocycles. The molecule has 0 atom stereocenters. The van der Waals surface area contributed by atoms with E-state index in [1.165, 1.54) is 14.2 Å². The van der Waals surface area contributed by atoms with E-state index in [1.807, 2.05) is 13.0 Å². The van der Waals surface area contributed by atoms with Crippen molar-refractivity contribution in [3.05, 3.63) is 70.8 Å². The fourth-order valence-electron chi connectivity index (χ4n) is 3.00. The highest BCUT2D eigenvalue weighted by atomic mass is 16.5. The number of carbonyl (C=O) groups is 2. The predicted molar refractivity (Wildman–Crippen MR) is 104 cm³/mol. The van der Waals surface area contributed by atoms with Crippen molar-refractivity contribution >= 4 is 11.8 Å². The van der Waals surface area contributed by atoms with Gasteiger partial charge in [-0.15, -0.1) is 6.58 Å². The molecule has 0 amide bonds. The van der Waals surface area contributed by atoms with E-state index in [9.17, 15) is 14.7 Å². The van der Waals surface area contributed by atoms with Gasteiger partial charge in [0.25, 0.3) is 0 Å². The molecule has 0 aromatic heterocycles. The number of ketones is 1. The van der Waals surface area contributed by atoms with Crippen LogP contribution in [0.15, 0.2) is 48.6 Å². The van der Waals surface area contributed by atoms with Crippen molar-refractivity contribution < 1.29 is 24.2 Å². The van der Waals surface area contributed by atoms with E-state index in [0.29, 0.717) is 35.3 Å². The topological polar surface area (TPSA) is 72.8 Å². The van der Waals surface area contributed by atoms with Crippen LogP contribution < -0.4 is 9.47 Å². The van der Waals surface area contributed by atoms with Gasteiger partial charge in [0.1, 0.15) is 17.1 Å². The summed E-state index contributed by atoms with van der Waals surface area (Å²) in [6.45, 7) is 5.81. The van der Waals surface area contributed by atoms with Gasteiger partial charge in [-0.25, -0.2) is 4.79 Å². The van der Waals surface area contributed by atoms with Crippen LogP contribution in [0.4, 0.5) is 0 Å². The Kier molecular flexibility index (Phi) is 6.77. The number of carbonyl (C=O) groups excluding carboxylic acids is 1. The maximum Gasteiger partial charge on any atom is 0.339 e. The SMILES string of the molecule is C=C(C)CCc1c(OC)cc(OC)c(C(=O)O)c1CC(=O)c1ccccc1. The summed E-state index contributed by atoms with van der Waals surface area (Å²) in [5.74, 6) is -0.616. The Morgan fingerprint density at radius 2 is 1.67 bits per heavy atom. The Morgan fingerprint density at radius 3 is 2.19 bits per heavy atom. The molecule has 2 aromatic carbocycles. The summed E-state index contributed by atoms with van der Waals surface area (Å²) in [7, 11) is 2.92. The molecule has 0 heterocycles. The first-order chi connectivity index (χ1) is 12.9. The zero-order valence-electron chi connectivity index (χ0n) is 15.9. The van der Waals surface area contributed by atoms with E-state index in [4.69, 9.17) is 9.47 Å². The lowest BCUT2D eigenvalue weighted by molar-refractivity contribution is 0.0692. The normalized spacial score (nSPS) is 10.3. The van der Waals surface area contributed by atoms with Crippen molar-refractivity contribution in [1.29, 1.82) is 0 Å². The molecule has 27 heavy (non-hydrogen) atoms. The van der Waals surface area contributed by atoms with Crippen molar-refractivity contribution in [2.75, 3.05) is 14.2 Å². The molecule has 2 aromatic rings. The molecular weight excluding hydrogens is 344 g/mol. The van der Waals surface area contributed by atoms with E-state index in [0.717, 1.165) is 5.57 Å². The molecule has 5 nitrogen and oxygen atoms in total. The van der Waals surface area contributed by atoms with E-state index >= 15 is 0 Å². The minimum Gasteiger partial charge on any atom is -0.496 e. The molecule has 0 saturated carbocycles. The Labute approximate surface area is 159 Å². The van der Waals surface area contributed by atoms with Gasteiger partial charge in [-0.2, -0.15) is 0 Å². The average molecular weight is 368 g/mol. The summed E-state index contributed by atoms with van der Waals surface area (Å²) in [5, 5.41) is 9.78. The molecule has 0 aliphatic rings. The molecule has 142 valence electrons. The lowest BCUT2D eigenvalue weighted by Gasteiger charge is -2.19. The summed E-state index contributed by atoms with van der Waals surface area (Å²) >= 11 is 0. The zero-order chi connectivity index (χ0) is 20.0. The quantitative estimate of drug-likeness (QED) is 0.527. The van der Waals surface area contributed by atoms with Gasteiger partial charge in [0.05, 0.1) is 14.2 Å². The molecule has 0 fully saturated rings. The van der Waals surface area contributed by atoms with Gasteiger partial charge in [-0.3, -0.25) is 4.79 Å². The van der Waals surface area contributed by atoms with Gasteiger partial charge in [0.2, 0.25) is 0 Å². The van der Waals surface area contributed by atoms with Gasteiger partial charge in [-0.1, -0.05) is 35.9 Å². The number of hydrogen-bond donors (Lipinski definition) is 1. The number of carboxylic acids is 1. The Bertz CT molecular complexity index is 853. The minimum atomic E-state index is -1.14. The van der Waals surface area contributed by atoms with Gasteiger partial charge in [0.15, 0.2) is 5.78 Å². The average Bonchev–Trinajstić information content (AvgIpc) is 2.66. The van der Waals surface area contributed by atoms with Crippen LogP contribution in [-0.4, -0.2) is 31.1 Å². The van der Waals surface area contributed by atoms with E-state index in [-0.39, 0.29) is 23.5 Å². The largest absolute Gasteiger partial charge is 0.496 e. The minimum absolute atomic E-state index is 0.000651. The summed E-state index contributed by atoms with van der Waals surface area (Å²) in [6, 6.07) is 10.4. The molecule has 0 bridgehead atoms. The number of methoxy groups -OCH3 is 2. The highest BCUT2D eigenvalue weighted by molar-refractivity contribution is 6.01. The fraction of sp³-hybridized carbons (Fsp3) is 0.273. The molecule has 2 rings (SSSR count). The number of allylic oxidation sites excluding steroid dienone is 1. The highest BCUT2D eigenvalue weighted by Crippen LogP contribution is 2.36. The number of hydrogen-bond acceptors (Lipinski definition) is 4. The van der Waals surface area contributed by atoms with Crippen molar-refractivity contribution in [1.82, 2.24) is 0 Å². The Balaban J connectivity index is 2.62. The van der Waals surface area contributed by atoms with Crippen LogP contribution in [0.25, 0.3) is 0 Å². The van der Waals surface area contributed by atoms with Crippen molar-refractivity contribution in [3.63, 3.8) is 0 Å². The lowest BCUT2D eigenvalue weighted by atomic mass is 9.90. The third-order valence-corrected chi connectivity index (χ3v) is 4.36. The molecule has 0 aliphatic heterocycles. The van der Waals surface area contributed by atoms with Crippen LogP contribution in [0, 0.1) is 0 Å². The second-order valence-electron chi connectivity index (χ2n) is 6.34. The molecule has 0 spiro atoms. The monoisotopic (exact) mass is 368 g/mol. The van der Waals surface area contributed by atoms with E-state index in [2.05, 4.69) is 6.58 Å². The molecule has 0 unspecified atom stereocenters. The van der Waals surface area contributed by atoms with Gasteiger partial charge >= 0.3 is 5.97 Å². The number of ether oxygens (including phenoxy) is 2. The molecular formula is C22H24O5. The standard InChI is InChI=1S/C22H24O5/c1-14(2)10-11-16-17(12-18(23)15-8-6-5-7-9-15)21(22(24)25)20(27-4)13-19(16)26-3/h5-9,13H,1,10-12H2,2-4H3,(H,24,25). The first kappa shape index (κ1) is 20.2. The van der Waals surface area contributed by atoms with Crippen LogP contribution in [0.2, 0.25) is 0 Å². The molecule has 5 heteroatoms. The second kappa shape index (κ2) is 9.03. The Hall–Kier alpha value is -3.08. The number of aromatic carboxylic acids is 1. The zero-order valence-corrected chi connectivity index (χ0v) is 15.9. The smallest absolute Gasteiger partial charge is 0.339 e. The molecule has 1 N–H and O–H groups in total. The van der Waals surface area contributed by atoms with Crippen LogP contribution in [0.3, 0.4) is 0 Å². The fourth-order valence-corrected chi connectivity index (χ4v) is 3.00. The van der Waals surface area contributed by atoms with Gasteiger partial charge < -0.3 is 14.6 Å². The number of carboxylic acid groups (broad SMARTS) is 1. The number of Topliss-reactive ketones (excluding diaryl/α,β-unsaturated/α-hetero) is 1. The Morgan fingerprint density at radius 1 is 1.04 bits per heavy atom. The van der Waals surface area contributed by atoms with Crippen molar-refractivity contribution in [2.45, 2.75) is 26.2 Å². The molecule has 0 saturated heterocycles. The van der Waals surface area contributed by atoms with Crippen molar-refractivity contribution in [3.8, 4) is 11.5 Å². The van der Waals surface area contributed by atoms with Gasteiger partial charge in [-0.05, 0) is 30.9 Å². The lowest BCUT2D eigenvalue weighted by Crippen LogP contribution is -2.14. The number of rotatable bonds is 9. The van der Waals surface area contributed by atoms with Crippen LogP contribution in [0.5, 0.6) is 11.5 Å². The van der Waals surface area contributed by atoms with E-state index in [1.54, 1.807) is 30.3 Å². The van der Waals surface area contributed by atoms with Crippen molar-refractivity contribution in [2.24, 2.45) is 0 Å². The maximum absolute atomic E-state index is 12.8. The highest BCUT2D eigenvalue weighted by Gasteiger charge is 2.25. The maximum atomic E-state index is 12.8. The summed E-state index contributed by atoms with van der Waals surface area (Å²) in [4.78, 5) is 24.7. The third kappa shape index (κ3) is 4.76. The first-order valence-electron chi connectivity index (χ1n) is 8.61. The second-order valence-corrected chi connectivity index (χ2v) is 6.34.